The Morgan fingerprint density at radius 3 is 2.95 bits per heavy atom. The third kappa shape index (κ3) is 4.71. The van der Waals surface area contributed by atoms with Gasteiger partial charge in [0.05, 0.1) is 0 Å². The Balaban J connectivity index is 1.58. The minimum absolute atomic E-state index is 0.138. The van der Waals surface area contributed by atoms with Crippen molar-refractivity contribution in [2.45, 2.75) is 51.6 Å². The first-order chi connectivity index (χ1) is 9.79. The van der Waals surface area contributed by atoms with Crippen LogP contribution in [0.4, 0.5) is 0 Å². The van der Waals surface area contributed by atoms with Gasteiger partial charge in [-0.25, -0.2) is 0 Å². The van der Waals surface area contributed by atoms with Crippen molar-refractivity contribution in [3.05, 3.63) is 10.8 Å². The van der Waals surface area contributed by atoms with E-state index in [9.17, 15) is 4.79 Å². The summed E-state index contributed by atoms with van der Waals surface area (Å²) in [6.07, 6.45) is 5.98. The molecule has 1 aliphatic rings. The largest absolute Gasteiger partial charge is 0.485 e. The van der Waals surface area contributed by atoms with Gasteiger partial charge in [-0.3, -0.25) is 4.79 Å². The number of fused-ring (bicyclic) bond motifs is 1. The first kappa shape index (κ1) is 15.2. The van der Waals surface area contributed by atoms with Crippen LogP contribution in [0.5, 0.6) is 11.5 Å². The molecule has 0 radical (unpaired) electrons. The number of carbonyl (C=O) groups excluding carboxylic acids is 1. The summed E-state index contributed by atoms with van der Waals surface area (Å²) in [5.74, 6) is 1.40. The molecular formula is C15H22O4S. The molecule has 5 heteroatoms. The van der Waals surface area contributed by atoms with E-state index in [4.69, 9.17) is 14.2 Å². The third-order valence-electron chi connectivity index (χ3n) is 3.23. The first-order valence-electron chi connectivity index (χ1n) is 7.31. The van der Waals surface area contributed by atoms with E-state index in [1.54, 1.807) is 11.3 Å². The molecule has 0 N–H and O–H groups in total. The average molecular weight is 298 g/mol. The summed E-state index contributed by atoms with van der Waals surface area (Å²) >= 11 is 1.54. The number of ether oxygens (including phenoxy) is 3. The summed E-state index contributed by atoms with van der Waals surface area (Å²) in [4.78, 5) is 11.6. The second kappa shape index (κ2) is 8.15. The van der Waals surface area contributed by atoms with Crippen LogP contribution in [0, 0.1) is 0 Å². The lowest BCUT2D eigenvalue weighted by Gasteiger charge is -2.24. The van der Waals surface area contributed by atoms with Gasteiger partial charge in [-0.1, -0.05) is 32.6 Å². The van der Waals surface area contributed by atoms with Crippen LogP contribution < -0.4 is 9.47 Å². The predicted octanol–water partition coefficient (Wildman–Crippen LogP) is 3.79. The van der Waals surface area contributed by atoms with Crippen LogP contribution in [0.1, 0.15) is 45.4 Å². The molecule has 0 amide bonds. The molecule has 1 aliphatic heterocycles. The highest BCUT2D eigenvalue weighted by molar-refractivity contribution is 7.08. The molecule has 1 aromatic heterocycles. The zero-order chi connectivity index (χ0) is 14.2. The molecule has 112 valence electrons. The minimum Gasteiger partial charge on any atom is -0.485 e. The maximum absolute atomic E-state index is 11.6. The van der Waals surface area contributed by atoms with E-state index in [0.717, 1.165) is 24.3 Å². The van der Waals surface area contributed by atoms with Crippen LogP contribution in [-0.2, 0) is 9.53 Å². The third-order valence-corrected chi connectivity index (χ3v) is 3.93. The van der Waals surface area contributed by atoms with Gasteiger partial charge >= 0.3 is 5.97 Å². The first-order valence-corrected chi connectivity index (χ1v) is 8.25. The van der Waals surface area contributed by atoms with Gasteiger partial charge in [0, 0.05) is 17.2 Å². The Labute approximate surface area is 124 Å². The van der Waals surface area contributed by atoms with Gasteiger partial charge < -0.3 is 14.2 Å². The lowest BCUT2D eigenvalue weighted by molar-refractivity contribution is -0.147. The molecular weight excluding hydrogens is 276 g/mol. The number of rotatable bonds is 8. The minimum atomic E-state index is -0.193. The Bertz CT molecular complexity index is 416. The quantitative estimate of drug-likeness (QED) is 0.541. The average Bonchev–Trinajstić information content (AvgIpc) is 2.92. The topological polar surface area (TPSA) is 44.8 Å². The molecule has 2 rings (SSSR count). The van der Waals surface area contributed by atoms with E-state index < -0.39 is 0 Å². The summed E-state index contributed by atoms with van der Waals surface area (Å²) in [6, 6.07) is 0. The number of esters is 1. The number of carbonyl (C=O) groups is 1. The number of unbranched alkanes of at least 4 members (excludes halogenated alkanes) is 4. The molecule has 1 aromatic rings. The summed E-state index contributed by atoms with van der Waals surface area (Å²) in [5, 5.41) is 3.81. The van der Waals surface area contributed by atoms with Crippen LogP contribution in [-0.4, -0.2) is 25.3 Å². The van der Waals surface area contributed by atoms with Crippen molar-refractivity contribution in [1.82, 2.24) is 0 Å². The van der Waals surface area contributed by atoms with Crippen molar-refractivity contribution >= 4 is 17.3 Å². The van der Waals surface area contributed by atoms with E-state index in [-0.39, 0.29) is 18.7 Å². The lowest BCUT2D eigenvalue weighted by Crippen LogP contribution is -2.33. The van der Waals surface area contributed by atoms with Crippen LogP contribution >= 0.6 is 11.3 Å². The molecule has 0 aromatic carbocycles. The van der Waals surface area contributed by atoms with Crippen molar-refractivity contribution in [3.8, 4) is 11.5 Å². The predicted molar refractivity (Wildman–Crippen MR) is 78.6 cm³/mol. The van der Waals surface area contributed by atoms with Crippen LogP contribution in [0.15, 0.2) is 10.8 Å². The fourth-order valence-corrected chi connectivity index (χ4v) is 2.75. The zero-order valence-electron chi connectivity index (χ0n) is 11.9. The number of hydrogen-bond donors (Lipinski definition) is 0. The van der Waals surface area contributed by atoms with E-state index in [0.29, 0.717) is 13.0 Å². The summed E-state index contributed by atoms with van der Waals surface area (Å²) in [6.45, 7) is 2.88. The number of thiophene rings is 1. The smallest absolute Gasteiger partial charge is 0.305 e. The van der Waals surface area contributed by atoms with Gasteiger partial charge in [-0.05, 0) is 6.42 Å². The van der Waals surface area contributed by atoms with Crippen LogP contribution in [0.2, 0.25) is 0 Å². The molecule has 0 aliphatic carbocycles. The van der Waals surface area contributed by atoms with E-state index in [2.05, 4.69) is 6.92 Å². The van der Waals surface area contributed by atoms with E-state index in [1.165, 1.54) is 19.3 Å². The van der Waals surface area contributed by atoms with E-state index in [1.807, 2.05) is 10.8 Å². The zero-order valence-corrected chi connectivity index (χ0v) is 12.7. The van der Waals surface area contributed by atoms with Gasteiger partial charge in [-0.15, -0.1) is 11.3 Å². The van der Waals surface area contributed by atoms with Gasteiger partial charge in [0.2, 0.25) is 0 Å². The molecule has 0 bridgehead atoms. The molecule has 0 saturated carbocycles. The Kier molecular flexibility index (Phi) is 6.18. The molecule has 1 atom stereocenters. The SMILES string of the molecule is CCCCCCCC(=O)OCC1COc2cscc2O1. The van der Waals surface area contributed by atoms with Crippen LogP contribution in [0.3, 0.4) is 0 Å². The van der Waals surface area contributed by atoms with Crippen LogP contribution in [0.25, 0.3) is 0 Å². The standard InChI is InChI=1S/C15H22O4S/c1-2-3-4-5-6-7-15(16)18-9-12-8-17-13-10-20-11-14(13)19-12/h10-12H,2-9H2,1H3. The van der Waals surface area contributed by atoms with Crippen molar-refractivity contribution in [2.24, 2.45) is 0 Å². The monoisotopic (exact) mass is 298 g/mol. The van der Waals surface area contributed by atoms with E-state index >= 15 is 0 Å². The molecule has 4 nitrogen and oxygen atoms in total. The fraction of sp³-hybridized carbons (Fsp3) is 0.667. The van der Waals surface area contributed by atoms with Gasteiger partial charge in [0.25, 0.3) is 0 Å². The molecule has 0 spiro atoms. The second-order valence-corrected chi connectivity index (χ2v) is 5.74. The van der Waals surface area contributed by atoms with Crippen molar-refractivity contribution < 1.29 is 19.0 Å². The second-order valence-electron chi connectivity index (χ2n) is 5.00. The highest BCUT2D eigenvalue weighted by atomic mass is 32.1. The lowest BCUT2D eigenvalue weighted by atomic mass is 10.1. The Morgan fingerprint density at radius 2 is 2.10 bits per heavy atom. The highest BCUT2D eigenvalue weighted by Crippen LogP contribution is 2.35. The van der Waals surface area contributed by atoms with Crippen molar-refractivity contribution in [3.63, 3.8) is 0 Å². The Hall–Kier alpha value is -1.23. The summed E-state index contributed by atoms with van der Waals surface area (Å²) in [7, 11) is 0. The normalized spacial score (nSPS) is 16.9. The fourth-order valence-electron chi connectivity index (χ4n) is 2.07. The van der Waals surface area contributed by atoms with Crippen molar-refractivity contribution in [1.29, 1.82) is 0 Å². The van der Waals surface area contributed by atoms with Crippen molar-refractivity contribution in [2.75, 3.05) is 13.2 Å². The van der Waals surface area contributed by atoms with Gasteiger partial charge in [0.15, 0.2) is 17.6 Å². The molecule has 0 saturated heterocycles. The molecule has 1 unspecified atom stereocenters. The van der Waals surface area contributed by atoms with Gasteiger partial charge in [-0.2, -0.15) is 0 Å². The molecule has 2 heterocycles. The van der Waals surface area contributed by atoms with Gasteiger partial charge in [0.1, 0.15) is 13.2 Å². The maximum Gasteiger partial charge on any atom is 0.305 e. The maximum atomic E-state index is 11.6. The highest BCUT2D eigenvalue weighted by Gasteiger charge is 2.22. The summed E-state index contributed by atoms with van der Waals surface area (Å²) in [5.41, 5.74) is 0. The molecule has 20 heavy (non-hydrogen) atoms. The number of hydrogen-bond acceptors (Lipinski definition) is 5. The summed E-state index contributed by atoms with van der Waals surface area (Å²) < 4.78 is 16.5. The Morgan fingerprint density at radius 1 is 1.30 bits per heavy atom. The molecule has 0 fully saturated rings.